The summed E-state index contributed by atoms with van der Waals surface area (Å²) in [5.41, 5.74) is 4.57. The summed E-state index contributed by atoms with van der Waals surface area (Å²) in [7, 11) is 3.24. The molecule has 0 bridgehead atoms. The van der Waals surface area contributed by atoms with Gasteiger partial charge in [0.15, 0.2) is 11.5 Å². The molecule has 154 valence electrons. The first kappa shape index (κ1) is 18.9. The Labute approximate surface area is 174 Å². The fraction of sp³-hybridized carbons (Fsp3) is 0.250. The van der Waals surface area contributed by atoms with E-state index in [9.17, 15) is 8.78 Å². The summed E-state index contributed by atoms with van der Waals surface area (Å²) >= 11 is 0. The van der Waals surface area contributed by atoms with Gasteiger partial charge < -0.3 is 14.8 Å². The van der Waals surface area contributed by atoms with Crippen LogP contribution >= 0.6 is 0 Å². The Kier molecular flexibility index (Phi) is 4.59. The van der Waals surface area contributed by atoms with Gasteiger partial charge in [-0.3, -0.25) is 4.90 Å². The third kappa shape index (κ3) is 2.91. The molecule has 0 radical (unpaired) electrons. The molecule has 0 unspecified atom stereocenters. The highest BCUT2D eigenvalue weighted by Gasteiger charge is 2.40. The Balaban J connectivity index is 1.70. The topological polar surface area (TPSA) is 33.7 Å². The number of para-hydroxylation sites is 1. The number of benzene rings is 3. The Bertz CT molecular complexity index is 1120. The van der Waals surface area contributed by atoms with E-state index in [1.54, 1.807) is 14.2 Å². The number of hydrogen-bond acceptors (Lipinski definition) is 4. The first-order valence-corrected chi connectivity index (χ1v) is 9.91. The lowest BCUT2D eigenvalue weighted by Gasteiger charge is -2.47. The average molecular weight is 408 g/mol. The van der Waals surface area contributed by atoms with Crippen molar-refractivity contribution in [1.29, 1.82) is 0 Å². The number of hydrogen-bond donors (Lipinski definition) is 1. The molecule has 3 aromatic rings. The molecule has 2 heterocycles. The van der Waals surface area contributed by atoms with Crippen LogP contribution in [0.3, 0.4) is 0 Å². The molecule has 2 aliphatic rings. The van der Waals surface area contributed by atoms with Crippen LogP contribution in [0.1, 0.15) is 34.5 Å². The van der Waals surface area contributed by atoms with Crippen LogP contribution < -0.4 is 14.8 Å². The second-order valence-electron chi connectivity index (χ2n) is 7.60. The highest BCUT2D eigenvalue weighted by atomic mass is 19.1. The van der Waals surface area contributed by atoms with Crippen LogP contribution in [0.5, 0.6) is 11.5 Å². The molecule has 30 heavy (non-hydrogen) atoms. The van der Waals surface area contributed by atoms with Gasteiger partial charge >= 0.3 is 0 Å². The maximum Gasteiger partial charge on any atom is 0.161 e. The van der Waals surface area contributed by atoms with E-state index in [0.717, 1.165) is 29.3 Å². The molecule has 4 nitrogen and oxygen atoms in total. The van der Waals surface area contributed by atoms with Crippen molar-refractivity contribution >= 4 is 5.69 Å². The van der Waals surface area contributed by atoms with Gasteiger partial charge in [0.1, 0.15) is 17.8 Å². The minimum atomic E-state index is -0.484. The lowest BCUT2D eigenvalue weighted by Crippen LogP contribution is -2.45. The fourth-order valence-corrected chi connectivity index (χ4v) is 4.67. The van der Waals surface area contributed by atoms with Crippen molar-refractivity contribution < 1.29 is 18.3 Å². The van der Waals surface area contributed by atoms with Gasteiger partial charge in [-0.1, -0.05) is 18.2 Å². The van der Waals surface area contributed by atoms with Crippen molar-refractivity contribution in [2.24, 2.45) is 0 Å². The number of ether oxygens (including phenoxy) is 2. The van der Waals surface area contributed by atoms with Crippen LogP contribution in [0.4, 0.5) is 14.5 Å². The van der Waals surface area contributed by atoms with Crippen LogP contribution in [-0.2, 0) is 6.42 Å². The third-order valence-electron chi connectivity index (χ3n) is 6.04. The SMILES string of the molecule is COc1cc2c(cc1OC)[C@H]1c3ccccc3N[C@H](c3cc(F)ccc3F)N1CC2. The van der Waals surface area contributed by atoms with Crippen LogP contribution in [-0.4, -0.2) is 25.7 Å². The quantitative estimate of drug-likeness (QED) is 0.657. The van der Waals surface area contributed by atoms with Crippen molar-refractivity contribution in [3.05, 3.63) is 88.5 Å². The summed E-state index contributed by atoms with van der Waals surface area (Å²) in [4.78, 5) is 2.19. The van der Waals surface area contributed by atoms with E-state index in [1.165, 1.54) is 17.7 Å². The lowest BCUT2D eigenvalue weighted by atomic mass is 9.84. The van der Waals surface area contributed by atoms with E-state index in [-0.39, 0.29) is 6.04 Å². The second kappa shape index (κ2) is 7.29. The molecule has 1 N–H and O–H groups in total. The molecule has 0 aromatic heterocycles. The third-order valence-corrected chi connectivity index (χ3v) is 6.04. The minimum absolute atomic E-state index is 0.112. The predicted molar refractivity (Wildman–Crippen MR) is 111 cm³/mol. The van der Waals surface area contributed by atoms with Crippen molar-refractivity contribution in [1.82, 2.24) is 4.90 Å². The number of rotatable bonds is 3. The molecule has 6 heteroatoms. The lowest BCUT2D eigenvalue weighted by molar-refractivity contribution is 0.150. The predicted octanol–water partition coefficient (Wildman–Crippen LogP) is 5.05. The van der Waals surface area contributed by atoms with Gasteiger partial charge in [0.25, 0.3) is 0 Å². The van der Waals surface area contributed by atoms with Gasteiger partial charge in [0, 0.05) is 17.8 Å². The monoisotopic (exact) mass is 408 g/mol. The molecule has 0 amide bonds. The van der Waals surface area contributed by atoms with Gasteiger partial charge in [-0.2, -0.15) is 0 Å². The number of methoxy groups -OCH3 is 2. The number of fused-ring (bicyclic) bond motifs is 5. The average Bonchev–Trinajstić information content (AvgIpc) is 2.78. The molecule has 0 saturated carbocycles. The highest BCUT2D eigenvalue weighted by molar-refractivity contribution is 5.61. The molecule has 3 aromatic carbocycles. The number of anilines is 1. The Hall–Kier alpha value is -3.12. The summed E-state index contributed by atoms with van der Waals surface area (Å²) in [5.74, 6) is 0.472. The molecular formula is C24H22F2N2O2. The minimum Gasteiger partial charge on any atom is -0.493 e. The highest BCUT2D eigenvalue weighted by Crippen LogP contribution is 2.49. The zero-order valence-corrected chi connectivity index (χ0v) is 16.8. The zero-order chi connectivity index (χ0) is 20.8. The number of nitrogens with one attached hydrogen (secondary N) is 1. The van der Waals surface area contributed by atoms with E-state index in [4.69, 9.17) is 9.47 Å². The second-order valence-corrected chi connectivity index (χ2v) is 7.60. The fourth-order valence-electron chi connectivity index (χ4n) is 4.67. The van der Waals surface area contributed by atoms with Crippen LogP contribution in [0.25, 0.3) is 0 Å². The zero-order valence-electron chi connectivity index (χ0n) is 16.8. The molecule has 2 atom stereocenters. The van der Waals surface area contributed by atoms with Gasteiger partial charge in [0.05, 0.1) is 20.3 Å². The van der Waals surface area contributed by atoms with E-state index < -0.39 is 17.8 Å². The maximum absolute atomic E-state index is 14.7. The van der Waals surface area contributed by atoms with Crippen LogP contribution in [0.2, 0.25) is 0 Å². The molecule has 0 aliphatic carbocycles. The number of nitrogens with zero attached hydrogens (tertiary/aromatic N) is 1. The first-order chi connectivity index (χ1) is 14.6. The normalized spacial score (nSPS) is 19.9. The van der Waals surface area contributed by atoms with E-state index in [1.807, 2.05) is 30.3 Å². The van der Waals surface area contributed by atoms with Gasteiger partial charge in [-0.25, -0.2) is 8.78 Å². The summed E-state index contributed by atoms with van der Waals surface area (Å²) in [6.07, 6.45) is 0.283. The van der Waals surface area contributed by atoms with Crippen molar-refractivity contribution in [3.8, 4) is 11.5 Å². The maximum atomic E-state index is 14.7. The molecule has 2 aliphatic heterocycles. The smallest absolute Gasteiger partial charge is 0.161 e. The van der Waals surface area contributed by atoms with Gasteiger partial charge in [-0.15, -0.1) is 0 Å². The van der Waals surface area contributed by atoms with Crippen molar-refractivity contribution in [2.45, 2.75) is 18.6 Å². The summed E-state index contributed by atoms with van der Waals surface area (Å²) < 4.78 is 39.8. The van der Waals surface area contributed by atoms with Crippen molar-refractivity contribution in [2.75, 3.05) is 26.1 Å². The summed E-state index contributed by atoms with van der Waals surface area (Å²) in [6, 6.07) is 15.5. The Morgan fingerprint density at radius 2 is 1.67 bits per heavy atom. The largest absolute Gasteiger partial charge is 0.493 e. The van der Waals surface area contributed by atoms with Crippen LogP contribution in [0, 0.1) is 11.6 Å². The summed E-state index contributed by atoms with van der Waals surface area (Å²) in [6.45, 7) is 0.690. The van der Waals surface area contributed by atoms with Gasteiger partial charge in [-0.05, 0) is 59.5 Å². The number of halogens is 2. The van der Waals surface area contributed by atoms with Gasteiger partial charge in [0.2, 0.25) is 0 Å². The van der Waals surface area contributed by atoms with E-state index in [2.05, 4.69) is 16.3 Å². The Morgan fingerprint density at radius 3 is 2.47 bits per heavy atom. The molecular weight excluding hydrogens is 386 g/mol. The van der Waals surface area contributed by atoms with E-state index in [0.29, 0.717) is 23.6 Å². The van der Waals surface area contributed by atoms with Crippen molar-refractivity contribution in [3.63, 3.8) is 0 Å². The summed E-state index contributed by atoms with van der Waals surface area (Å²) in [5, 5.41) is 3.43. The van der Waals surface area contributed by atoms with Crippen LogP contribution in [0.15, 0.2) is 54.6 Å². The van der Waals surface area contributed by atoms with E-state index >= 15 is 0 Å². The first-order valence-electron chi connectivity index (χ1n) is 9.91. The molecule has 0 spiro atoms. The standard InChI is InChI=1S/C24H22F2N2O2/c1-29-21-11-14-9-10-28-23(17(14)13-22(21)30-2)16-5-3-4-6-20(16)27-24(28)18-12-15(25)7-8-19(18)26/h3-8,11-13,23-24,27H,9-10H2,1-2H3/t23-,24+/m1/s1. The molecule has 0 fully saturated rings. The Morgan fingerprint density at radius 1 is 0.900 bits per heavy atom. The molecule has 5 rings (SSSR count). The molecule has 0 saturated heterocycles.